The fraction of sp³-hybridized carbons (Fsp3) is 0.333. The van der Waals surface area contributed by atoms with Gasteiger partial charge in [0.15, 0.2) is 6.40 Å². The molecular weight excluding hydrogens is 116 g/mol. The lowest BCUT2D eigenvalue weighted by atomic mass is 10.2. The van der Waals surface area contributed by atoms with Gasteiger partial charge in [-0.1, -0.05) is 0 Å². The molecule has 3 heteroatoms. The predicted molar refractivity (Wildman–Crippen MR) is 34.6 cm³/mol. The van der Waals surface area contributed by atoms with Gasteiger partial charge in [-0.25, -0.2) is 4.99 Å². The second-order valence-electron chi connectivity index (χ2n) is 1.98. The fourth-order valence-electron chi connectivity index (χ4n) is 0.896. The largest absolute Gasteiger partial charge is 0.473 e. The second kappa shape index (κ2) is 1.69. The average molecular weight is 122 g/mol. The molecule has 2 aliphatic rings. The van der Waals surface area contributed by atoms with Crippen molar-refractivity contribution in [3.63, 3.8) is 0 Å². The zero-order valence-electron chi connectivity index (χ0n) is 4.82. The Morgan fingerprint density at radius 3 is 3.56 bits per heavy atom. The monoisotopic (exact) mass is 122 g/mol. The van der Waals surface area contributed by atoms with Gasteiger partial charge >= 0.3 is 0 Å². The summed E-state index contributed by atoms with van der Waals surface area (Å²) in [6.45, 7) is 0. The van der Waals surface area contributed by atoms with Gasteiger partial charge in [0.05, 0.1) is 6.20 Å². The van der Waals surface area contributed by atoms with E-state index in [9.17, 15) is 0 Å². The first-order valence-corrected chi connectivity index (χ1v) is 2.86. The highest BCUT2D eigenvalue weighted by atomic mass is 16.5. The van der Waals surface area contributed by atoms with Crippen LogP contribution in [-0.4, -0.2) is 18.7 Å². The van der Waals surface area contributed by atoms with Crippen LogP contribution in [0, 0.1) is 0 Å². The van der Waals surface area contributed by atoms with Gasteiger partial charge in [-0.15, -0.1) is 0 Å². The van der Waals surface area contributed by atoms with Crippen molar-refractivity contribution in [2.75, 3.05) is 0 Å². The molecule has 46 valence electrons. The highest BCUT2D eigenvalue weighted by Crippen LogP contribution is 2.18. The summed E-state index contributed by atoms with van der Waals surface area (Å²) in [5.74, 6) is 0. The Labute approximate surface area is 52.8 Å². The van der Waals surface area contributed by atoms with Crippen LogP contribution in [0.15, 0.2) is 21.9 Å². The molecule has 0 spiro atoms. The Balaban J connectivity index is 2.31. The minimum Gasteiger partial charge on any atom is -0.473 e. The molecule has 0 amide bonds. The summed E-state index contributed by atoms with van der Waals surface area (Å²) in [5, 5.41) is 0. The highest BCUT2D eigenvalue weighted by molar-refractivity contribution is 5.65. The molecule has 0 aromatic carbocycles. The van der Waals surface area contributed by atoms with Crippen molar-refractivity contribution in [2.24, 2.45) is 9.98 Å². The van der Waals surface area contributed by atoms with Crippen LogP contribution >= 0.6 is 0 Å². The van der Waals surface area contributed by atoms with Gasteiger partial charge in [0.25, 0.3) is 0 Å². The van der Waals surface area contributed by atoms with Crippen LogP contribution in [0.25, 0.3) is 0 Å². The molecule has 0 aliphatic carbocycles. The van der Waals surface area contributed by atoms with Gasteiger partial charge in [0, 0.05) is 12.6 Å². The number of hydrogen-bond donors (Lipinski definition) is 0. The third-order valence-electron chi connectivity index (χ3n) is 1.39. The van der Waals surface area contributed by atoms with Crippen molar-refractivity contribution < 1.29 is 4.74 Å². The maximum absolute atomic E-state index is 5.11. The number of hydrogen-bond acceptors (Lipinski definition) is 3. The molecule has 0 bridgehead atoms. The van der Waals surface area contributed by atoms with Crippen molar-refractivity contribution in [3.8, 4) is 0 Å². The lowest BCUT2D eigenvalue weighted by Crippen LogP contribution is -2.11. The molecule has 3 nitrogen and oxygen atoms in total. The Bertz CT molecular complexity index is 205. The summed E-state index contributed by atoms with van der Waals surface area (Å²) in [7, 11) is 0. The topological polar surface area (TPSA) is 34.0 Å². The van der Waals surface area contributed by atoms with E-state index in [0.717, 1.165) is 12.1 Å². The first kappa shape index (κ1) is 4.73. The lowest BCUT2D eigenvalue weighted by Gasteiger charge is -2.08. The van der Waals surface area contributed by atoms with Gasteiger partial charge in [0.1, 0.15) is 11.8 Å². The quantitative estimate of drug-likeness (QED) is 0.466. The van der Waals surface area contributed by atoms with Gasteiger partial charge in [-0.3, -0.25) is 4.99 Å². The van der Waals surface area contributed by atoms with Crippen LogP contribution in [0.4, 0.5) is 0 Å². The molecule has 0 saturated heterocycles. The Morgan fingerprint density at radius 2 is 2.67 bits per heavy atom. The average Bonchev–Trinajstić information content (AvgIpc) is 2.33. The van der Waals surface area contributed by atoms with E-state index < -0.39 is 0 Å². The summed E-state index contributed by atoms with van der Waals surface area (Å²) >= 11 is 0. The highest BCUT2D eigenvalue weighted by Gasteiger charge is 2.19. The Morgan fingerprint density at radius 1 is 1.67 bits per heavy atom. The molecule has 0 aromatic heterocycles. The Hall–Kier alpha value is -1.12. The van der Waals surface area contributed by atoms with Gasteiger partial charge in [0.2, 0.25) is 0 Å². The standard InChI is InChI=1S/C6H6N2O/c1-2-7-3-5-6(1)9-4-8-5/h2-4,6H,1H2. The van der Waals surface area contributed by atoms with Crippen molar-refractivity contribution in [1.82, 2.24) is 0 Å². The molecule has 0 radical (unpaired) electrons. The third kappa shape index (κ3) is 0.650. The first-order chi connectivity index (χ1) is 4.47. The number of fused-ring (bicyclic) bond motifs is 1. The van der Waals surface area contributed by atoms with E-state index in [4.69, 9.17) is 4.74 Å². The van der Waals surface area contributed by atoms with Crippen molar-refractivity contribution in [3.05, 3.63) is 11.9 Å². The van der Waals surface area contributed by atoms with Crippen LogP contribution in [0.2, 0.25) is 0 Å². The number of rotatable bonds is 0. The van der Waals surface area contributed by atoms with Gasteiger partial charge in [-0.05, 0) is 0 Å². The van der Waals surface area contributed by atoms with Crippen molar-refractivity contribution in [2.45, 2.75) is 12.5 Å². The molecule has 2 rings (SSSR count). The molecule has 1 unspecified atom stereocenters. The normalized spacial score (nSPS) is 29.3. The van der Waals surface area contributed by atoms with E-state index in [2.05, 4.69) is 9.98 Å². The number of ether oxygens (including phenoxy) is 1. The van der Waals surface area contributed by atoms with Gasteiger partial charge in [-0.2, -0.15) is 0 Å². The molecule has 2 heterocycles. The SMILES string of the molecule is C1=NC=C2N=COC2C1. The van der Waals surface area contributed by atoms with E-state index in [-0.39, 0.29) is 6.10 Å². The second-order valence-corrected chi connectivity index (χ2v) is 1.98. The molecule has 0 N–H and O–H groups in total. The summed E-state index contributed by atoms with van der Waals surface area (Å²) < 4.78 is 5.11. The third-order valence-corrected chi connectivity index (χ3v) is 1.39. The smallest absolute Gasteiger partial charge is 0.175 e. The number of aliphatic imine (C=N–C) groups is 2. The van der Waals surface area contributed by atoms with Crippen LogP contribution in [0.5, 0.6) is 0 Å². The molecule has 0 fully saturated rings. The Kier molecular flexibility index (Phi) is 0.886. The van der Waals surface area contributed by atoms with E-state index in [1.807, 2.05) is 6.21 Å². The zero-order valence-corrected chi connectivity index (χ0v) is 4.82. The summed E-state index contributed by atoms with van der Waals surface area (Å²) in [6.07, 6.45) is 6.06. The van der Waals surface area contributed by atoms with E-state index in [1.165, 1.54) is 6.40 Å². The molecule has 9 heavy (non-hydrogen) atoms. The summed E-state index contributed by atoms with van der Waals surface area (Å²) in [5.41, 5.74) is 0.942. The summed E-state index contributed by atoms with van der Waals surface area (Å²) in [6, 6.07) is 0. The molecule has 2 aliphatic heterocycles. The van der Waals surface area contributed by atoms with E-state index >= 15 is 0 Å². The minimum atomic E-state index is 0.155. The first-order valence-electron chi connectivity index (χ1n) is 2.86. The fourth-order valence-corrected chi connectivity index (χ4v) is 0.896. The molecule has 1 atom stereocenters. The zero-order chi connectivity index (χ0) is 6.10. The van der Waals surface area contributed by atoms with Crippen LogP contribution in [0.3, 0.4) is 0 Å². The summed E-state index contributed by atoms with van der Waals surface area (Å²) in [4.78, 5) is 7.90. The van der Waals surface area contributed by atoms with Crippen LogP contribution < -0.4 is 0 Å². The maximum Gasteiger partial charge on any atom is 0.175 e. The van der Waals surface area contributed by atoms with E-state index in [1.54, 1.807) is 6.20 Å². The van der Waals surface area contributed by atoms with Crippen LogP contribution in [-0.2, 0) is 4.74 Å². The maximum atomic E-state index is 5.11. The minimum absolute atomic E-state index is 0.155. The molecule has 0 saturated carbocycles. The molecular formula is C6H6N2O. The van der Waals surface area contributed by atoms with Crippen molar-refractivity contribution in [1.29, 1.82) is 0 Å². The van der Waals surface area contributed by atoms with E-state index in [0.29, 0.717) is 0 Å². The van der Waals surface area contributed by atoms with Gasteiger partial charge < -0.3 is 4.74 Å². The predicted octanol–water partition coefficient (Wildman–Crippen LogP) is 0.729. The molecule has 0 aromatic rings. The lowest BCUT2D eigenvalue weighted by molar-refractivity contribution is 0.264. The van der Waals surface area contributed by atoms with Crippen molar-refractivity contribution >= 4 is 12.6 Å². The number of nitrogens with zero attached hydrogens (tertiary/aromatic N) is 2. The van der Waals surface area contributed by atoms with Crippen LogP contribution in [0.1, 0.15) is 6.42 Å².